The van der Waals surface area contributed by atoms with Crippen LogP contribution in [0.5, 0.6) is 0 Å². The first-order valence-corrected chi connectivity index (χ1v) is 12.6. The van der Waals surface area contributed by atoms with Gasteiger partial charge in [-0.1, -0.05) is 13.0 Å². The summed E-state index contributed by atoms with van der Waals surface area (Å²) in [4.78, 5) is 8.87. The summed E-state index contributed by atoms with van der Waals surface area (Å²) in [6.45, 7) is 2.61. The van der Waals surface area contributed by atoms with Crippen LogP contribution in [0.15, 0.2) is 54.4 Å². The van der Waals surface area contributed by atoms with E-state index in [-0.39, 0.29) is 5.75 Å². The first kappa shape index (κ1) is 20.0. The molecule has 0 bridgehead atoms. The van der Waals surface area contributed by atoms with Gasteiger partial charge >= 0.3 is 0 Å². The van der Waals surface area contributed by atoms with Crippen molar-refractivity contribution >= 4 is 43.3 Å². The van der Waals surface area contributed by atoms with Crippen molar-refractivity contribution in [1.29, 1.82) is 0 Å². The van der Waals surface area contributed by atoms with E-state index >= 15 is 0 Å². The molecule has 5 aromatic heterocycles. The maximum absolute atomic E-state index is 11.9. The number of hydrogen-bond donors (Lipinski definition) is 2. The average Bonchev–Trinajstić information content (AvgIpc) is 3.51. The van der Waals surface area contributed by atoms with Gasteiger partial charge in [0, 0.05) is 35.9 Å². The van der Waals surface area contributed by atoms with Crippen LogP contribution < -0.4 is 4.72 Å². The quantitative estimate of drug-likeness (QED) is 0.373. The number of sulfonamides is 1. The molecule has 8 nitrogen and oxygen atoms in total. The zero-order valence-electron chi connectivity index (χ0n) is 16.9. The van der Waals surface area contributed by atoms with E-state index in [1.54, 1.807) is 16.0 Å². The summed E-state index contributed by atoms with van der Waals surface area (Å²) in [6, 6.07) is 8.32. The van der Waals surface area contributed by atoms with Gasteiger partial charge in [0.25, 0.3) is 0 Å². The molecule has 5 aromatic rings. The van der Waals surface area contributed by atoms with Crippen molar-refractivity contribution < 1.29 is 8.42 Å². The minimum absolute atomic E-state index is 0.136. The van der Waals surface area contributed by atoms with Crippen LogP contribution in [0.2, 0.25) is 0 Å². The number of fused-ring (bicyclic) bond motifs is 3. The molecule has 160 valence electrons. The first-order valence-electron chi connectivity index (χ1n) is 10.1. The maximum atomic E-state index is 11.9. The lowest BCUT2D eigenvalue weighted by atomic mass is 10.2. The van der Waals surface area contributed by atoms with Crippen LogP contribution in [0.25, 0.3) is 38.2 Å². The maximum Gasteiger partial charge on any atom is 0.211 e. The molecule has 2 N–H and O–H groups in total. The number of nitrogens with one attached hydrogen (secondary N) is 2. The molecule has 10 heteroatoms. The summed E-state index contributed by atoms with van der Waals surface area (Å²) in [5, 5.41) is 8.63. The number of hydrogen-bond acceptors (Lipinski definition) is 5. The molecule has 5 heterocycles. The Kier molecular flexibility index (Phi) is 5.12. The van der Waals surface area contributed by atoms with Crippen molar-refractivity contribution in [3.05, 3.63) is 54.4 Å². The van der Waals surface area contributed by atoms with E-state index < -0.39 is 10.0 Å². The molecule has 0 atom stereocenters. The summed E-state index contributed by atoms with van der Waals surface area (Å²) < 4.78 is 30.4. The van der Waals surface area contributed by atoms with Crippen LogP contribution in [-0.4, -0.2) is 45.0 Å². The highest BCUT2D eigenvalue weighted by atomic mass is 32.2. The van der Waals surface area contributed by atoms with Gasteiger partial charge in [-0.25, -0.2) is 18.1 Å². The van der Waals surface area contributed by atoms with Gasteiger partial charge < -0.3 is 9.55 Å². The zero-order chi connectivity index (χ0) is 21.4. The number of pyridine rings is 1. The Hall–Kier alpha value is -2.95. The number of nitrogens with zero attached hydrogens (tertiary/aromatic N) is 4. The molecule has 0 saturated heterocycles. The van der Waals surface area contributed by atoms with Gasteiger partial charge in [0.2, 0.25) is 10.0 Å². The van der Waals surface area contributed by atoms with Crippen LogP contribution in [0.4, 0.5) is 0 Å². The molecule has 0 radical (unpaired) electrons. The third kappa shape index (κ3) is 3.78. The number of aromatic amines is 1. The summed E-state index contributed by atoms with van der Waals surface area (Å²) in [6.07, 6.45) is 8.13. The summed E-state index contributed by atoms with van der Waals surface area (Å²) in [5.74, 6) is 0.136. The fraction of sp³-hybridized carbons (Fsp3) is 0.238. The fourth-order valence-corrected chi connectivity index (χ4v) is 5.63. The highest BCUT2D eigenvalue weighted by molar-refractivity contribution is 7.89. The van der Waals surface area contributed by atoms with E-state index in [4.69, 9.17) is 0 Å². The third-order valence-corrected chi connectivity index (χ3v) is 7.61. The fourth-order valence-electron chi connectivity index (χ4n) is 3.82. The van der Waals surface area contributed by atoms with Crippen LogP contribution in [0, 0.1) is 0 Å². The van der Waals surface area contributed by atoms with Gasteiger partial charge in [0.1, 0.15) is 5.65 Å². The number of thiophene rings is 1. The molecule has 0 aliphatic rings. The average molecular weight is 455 g/mol. The van der Waals surface area contributed by atoms with Crippen molar-refractivity contribution in [2.75, 3.05) is 12.3 Å². The number of H-pyrrole nitrogens is 1. The highest BCUT2D eigenvalue weighted by Gasteiger charge is 2.18. The Labute approximate surface area is 183 Å². The minimum Gasteiger partial charge on any atom is -0.346 e. The lowest BCUT2D eigenvalue weighted by molar-refractivity contribution is 0.560. The molecule has 0 aromatic carbocycles. The summed E-state index contributed by atoms with van der Waals surface area (Å²) in [7, 11) is -3.23. The molecule has 0 fully saturated rings. The van der Waals surface area contributed by atoms with Crippen molar-refractivity contribution in [3.63, 3.8) is 0 Å². The molecule has 5 rings (SSSR count). The standard InChI is InChI=1S/C21H22N6O2S2/c1-2-10-31(28,29)25-7-8-26-14-16(13-24-26)27-18(19-4-3-9-30-19)11-15-12-23-21-17(20(15)27)5-6-22-21/h3-6,9,11-14,25H,2,7-8,10H2,1H3,(H,22,23). The van der Waals surface area contributed by atoms with Crippen LogP contribution >= 0.6 is 11.3 Å². The third-order valence-electron chi connectivity index (χ3n) is 5.13. The Morgan fingerprint density at radius 2 is 2.16 bits per heavy atom. The molecule has 0 spiro atoms. The lowest BCUT2D eigenvalue weighted by Gasteiger charge is -2.08. The topological polar surface area (TPSA) is 97.6 Å². The van der Waals surface area contributed by atoms with Gasteiger partial charge in [-0.05, 0) is 30.0 Å². The van der Waals surface area contributed by atoms with Gasteiger partial charge in [0.05, 0.1) is 40.3 Å². The Morgan fingerprint density at radius 1 is 1.26 bits per heavy atom. The first-order chi connectivity index (χ1) is 15.1. The minimum atomic E-state index is -3.23. The predicted molar refractivity (Wildman–Crippen MR) is 124 cm³/mol. The Morgan fingerprint density at radius 3 is 2.97 bits per heavy atom. The molecular formula is C21H22N6O2S2. The summed E-state index contributed by atoms with van der Waals surface area (Å²) in [5.41, 5.74) is 3.90. The van der Waals surface area contributed by atoms with Crippen LogP contribution in [0.3, 0.4) is 0 Å². The van der Waals surface area contributed by atoms with Gasteiger partial charge in [-0.2, -0.15) is 5.10 Å². The second kappa shape index (κ2) is 7.95. The van der Waals surface area contributed by atoms with Crippen molar-refractivity contribution in [2.24, 2.45) is 0 Å². The molecular weight excluding hydrogens is 432 g/mol. The van der Waals surface area contributed by atoms with Crippen LogP contribution in [0.1, 0.15) is 13.3 Å². The lowest BCUT2D eigenvalue weighted by Crippen LogP contribution is -2.29. The second-order valence-corrected chi connectivity index (χ2v) is 10.2. The Bertz CT molecular complexity index is 1440. The SMILES string of the molecule is CCCS(=O)(=O)NCCn1cc(-n2c(-c3cccs3)cc3cnc4[nH]ccc4c32)cn1. The largest absolute Gasteiger partial charge is 0.346 e. The van der Waals surface area contributed by atoms with Crippen molar-refractivity contribution in [1.82, 2.24) is 29.0 Å². The van der Waals surface area contributed by atoms with E-state index in [0.29, 0.717) is 19.5 Å². The van der Waals surface area contributed by atoms with Gasteiger partial charge in [-0.15, -0.1) is 11.3 Å². The monoisotopic (exact) mass is 454 g/mol. The van der Waals surface area contributed by atoms with E-state index in [9.17, 15) is 8.42 Å². The van der Waals surface area contributed by atoms with Crippen LogP contribution in [-0.2, 0) is 16.6 Å². The van der Waals surface area contributed by atoms with Gasteiger partial charge in [-0.3, -0.25) is 4.68 Å². The molecule has 0 aliphatic heterocycles. The molecule has 0 saturated carbocycles. The normalized spacial score (nSPS) is 12.3. The predicted octanol–water partition coefficient (Wildman–Crippen LogP) is 3.76. The molecule has 0 unspecified atom stereocenters. The van der Waals surface area contributed by atoms with Gasteiger partial charge in [0.15, 0.2) is 0 Å². The van der Waals surface area contributed by atoms with E-state index in [1.807, 2.05) is 43.8 Å². The number of rotatable bonds is 8. The summed E-state index contributed by atoms with van der Waals surface area (Å²) >= 11 is 1.68. The van der Waals surface area contributed by atoms with Crippen molar-refractivity contribution in [2.45, 2.75) is 19.9 Å². The zero-order valence-corrected chi connectivity index (χ0v) is 18.6. The number of aromatic nitrogens is 5. The Balaban J connectivity index is 1.54. The molecule has 0 amide bonds. The van der Waals surface area contributed by atoms with E-state index in [1.165, 1.54) is 0 Å². The van der Waals surface area contributed by atoms with Crippen molar-refractivity contribution in [3.8, 4) is 16.3 Å². The smallest absolute Gasteiger partial charge is 0.211 e. The molecule has 0 aliphatic carbocycles. The van der Waals surface area contributed by atoms with E-state index in [2.05, 4.69) is 41.9 Å². The second-order valence-electron chi connectivity index (χ2n) is 7.32. The highest BCUT2D eigenvalue weighted by Crippen LogP contribution is 2.36. The molecule has 31 heavy (non-hydrogen) atoms. The van der Waals surface area contributed by atoms with E-state index in [0.717, 1.165) is 38.2 Å².